The van der Waals surface area contributed by atoms with Gasteiger partial charge in [-0.25, -0.2) is 0 Å². The van der Waals surface area contributed by atoms with Gasteiger partial charge in [-0.05, 0) is 18.2 Å². The fourth-order valence-electron chi connectivity index (χ4n) is 3.77. The molecule has 29 heavy (non-hydrogen) atoms. The minimum Gasteiger partial charge on any atom is -0.378 e. The SMILES string of the molecule is Cl.O=c1c2c(N3CCOCC3)csc2ccn1CCc1ccc2ccccc2n1. The quantitative estimate of drug-likeness (QED) is 0.491. The first kappa shape index (κ1) is 19.9. The monoisotopic (exact) mass is 427 g/mol. The van der Waals surface area contributed by atoms with E-state index in [-0.39, 0.29) is 18.0 Å². The first-order valence-corrected chi connectivity index (χ1v) is 10.5. The lowest BCUT2D eigenvalue weighted by atomic mass is 10.2. The van der Waals surface area contributed by atoms with E-state index >= 15 is 0 Å². The number of halogens is 1. The Morgan fingerprint density at radius 2 is 1.90 bits per heavy atom. The zero-order valence-electron chi connectivity index (χ0n) is 15.9. The highest BCUT2D eigenvalue weighted by atomic mass is 35.5. The first-order valence-electron chi connectivity index (χ1n) is 9.57. The van der Waals surface area contributed by atoms with Gasteiger partial charge >= 0.3 is 0 Å². The van der Waals surface area contributed by atoms with Crippen LogP contribution in [0.25, 0.3) is 21.0 Å². The zero-order chi connectivity index (χ0) is 18.9. The molecule has 0 unspecified atom stereocenters. The molecular weight excluding hydrogens is 406 g/mol. The molecule has 5 rings (SSSR count). The van der Waals surface area contributed by atoms with Crippen molar-refractivity contribution in [3.05, 3.63) is 70.1 Å². The van der Waals surface area contributed by atoms with Crippen molar-refractivity contribution < 1.29 is 4.74 Å². The van der Waals surface area contributed by atoms with E-state index in [2.05, 4.69) is 34.5 Å². The van der Waals surface area contributed by atoms with Gasteiger partial charge in [0.05, 0.1) is 29.8 Å². The Kier molecular flexibility index (Phi) is 5.85. The van der Waals surface area contributed by atoms with Crippen molar-refractivity contribution >= 4 is 50.4 Å². The average Bonchev–Trinajstić information content (AvgIpc) is 3.19. The predicted octanol–water partition coefficient (Wildman–Crippen LogP) is 4.11. The number of ether oxygens (including phenoxy) is 1. The minimum atomic E-state index is 0. The van der Waals surface area contributed by atoms with Gasteiger partial charge in [-0.1, -0.05) is 24.3 Å². The summed E-state index contributed by atoms with van der Waals surface area (Å²) in [5, 5.41) is 4.08. The predicted molar refractivity (Wildman–Crippen MR) is 122 cm³/mol. The lowest BCUT2D eigenvalue weighted by Gasteiger charge is -2.28. The van der Waals surface area contributed by atoms with Crippen LogP contribution in [-0.2, 0) is 17.7 Å². The summed E-state index contributed by atoms with van der Waals surface area (Å²) >= 11 is 1.64. The Balaban J connectivity index is 0.00000205. The van der Waals surface area contributed by atoms with E-state index in [1.807, 2.05) is 29.0 Å². The standard InChI is InChI=1S/C22H21N3O2S.ClH/c26-22-21-19(24-11-13-27-14-12-24)15-28-20(21)8-10-25(22)9-7-17-6-5-16-3-1-2-4-18(16)23-17;/h1-6,8,10,15H,7,9,11-14H2;1H. The Morgan fingerprint density at radius 1 is 1.07 bits per heavy atom. The van der Waals surface area contributed by atoms with Gasteiger partial charge in [-0.3, -0.25) is 9.78 Å². The number of aryl methyl sites for hydroxylation is 2. The summed E-state index contributed by atoms with van der Waals surface area (Å²) in [5.74, 6) is 0. The molecule has 3 aromatic heterocycles. The topological polar surface area (TPSA) is 47.4 Å². The number of rotatable bonds is 4. The molecule has 150 valence electrons. The molecule has 0 saturated carbocycles. The highest BCUT2D eigenvalue weighted by Gasteiger charge is 2.18. The van der Waals surface area contributed by atoms with E-state index in [9.17, 15) is 4.79 Å². The number of benzene rings is 1. The second-order valence-electron chi connectivity index (χ2n) is 7.02. The lowest BCUT2D eigenvalue weighted by molar-refractivity contribution is 0.123. The Morgan fingerprint density at radius 3 is 2.76 bits per heavy atom. The summed E-state index contributed by atoms with van der Waals surface area (Å²) < 4.78 is 8.32. The molecular formula is C22H22ClN3O2S. The van der Waals surface area contributed by atoms with E-state index in [4.69, 9.17) is 9.72 Å². The van der Waals surface area contributed by atoms with E-state index in [1.165, 1.54) is 0 Å². The van der Waals surface area contributed by atoms with E-state index in [0.29, 0.717) is 19.8 Å². The summed E-state index contributed by atoms with van der Waals surface area (Å²) in [4.78, 5) is 20.2. The molecule has 0 spiro atoms. The third-order valence-corrected chi connectivity index (χ3v) is 6.23. The summed E-state index contributed by atoms with van der Waals surface area (Å²) in [7, 11) is 0. The van der Waals surface area contributed by atoms with Gasteiger partial charge in [-0.15, -0.1) is 23.7 Å². The smallest absolute Gasteiger partial charge is 0.261 e. The number of fused-ring (bicyclic) bond motifs is 2. The van der Waals surface area contributed by atoms with Crippen LogP contribution in [0.4, 0.5) is 5.69 Å². The normalized spacial score (nSPS) is 14.3. The molecule has 0 aliphatic carbocycles. The molecule has 4 aromatic rings. The molecule has 1 fully saturated rings. The van der Waals surface area contributed by atoms with Gasteiger partial charge in [-0.2, -0.15) is 0 Å². The van der Waals surface area contributed by atoms with E-state index < -0.39 is 0 Å². The number of aromatic nitrogens is 2. The Hall–Kier alpha value is -2.41. The van der Waals surface area contributed by atoms with Crippen molar-refractivity contribution in [1.29, 1.82) is 0 Å². The van der Waals surface area contributed by atoms with Crippen LogP contribution < -0.4 is 10.5 Å². The summed E-state index contributed by atoms with van der Waals surface area (Å²) in [6.45, 7) is 3.72. The number of morpholine rings is 1. The second kappa shape index (κ2) is 8.53. The van der Waals surface area contributed by atoms with Gasteiger partial charge in [0.25, 0.3) is 5.56 Å². The molecule has 0 atom stereocenters. The molecule has 0 bridgehead atoms. The number of thiophene rings is 1. The van der Waals surface area contributed by atoms with Gasteiger partial charge in [0.2, 0.25) is 0 Å². The molecule has 0 radical (unpaired) electrons. The number of para-hydroxylation sites is 1. The van der Waals surface area contributed by atoms with Crippen LogP contribution in [0.5, 0.6) is 0 Å². The van der Waals surface area contributed by atoms with Crippen LogP contribution >= 0.6 is 23.7 Å². The van der Waals surface area contributed by atoms with Gasteiger partial charge in [0.1, 0.15) is 0 Å². The summed E-state index contributed by atoms with van der Waals surface area (Å²) in [6, 6.07) is 14.3. The Bertz CT molecular complexity index is 1200. The third kappa shape index (κ3) is 3.88. The van der Waals surface area contributed by atoms with Crippen molar-refractivity contribution in [3.63, 3.8) is 0 Å². The van der Waals surface area contributed by atoms with Gasteiger partial charge < -0.3 is 14.2 Å². The highest BCUT2D eigenvalue weighted by molar-refractivity contribution is 7.17. The number of anilines is 1. The fraction of sp³-hybridized carbons (Fsp3) is 0.273. The first-order chi connectivity index (χ1) is 13.8. The number of pyridine rings is 2. The maximum atomic E-state index is 13.2. The highest BCUT2D eigenvalue weighted by Crippen LogP contribution is 2.31. The lowest BCUT2D eigenvalue weighted by Crippen LogP contribution is -2.36. The molecule has 5 nitrogen and oxygen atoms in total. The molecule has 1 aliphatic heterocycles. The van der Waals surface area contributed by atoms with Crippen LogP contribution in [0.15, 0.2) is 58.8 Å². The minimum absolute atomic E-state index is 0. The van der Waals surface area contributed by atoms with Crippen molar-refractivity contribution in [2.24, 2.45) is 0 Å². The largest absolute Gasteiger partial charge is 0.378 e. The Labute approximate surface area is 179 Å². The van der Waals surface area contributed by atoms with Crippen LogP contribution in [0.1, 0.15) is 5.69 Å². The summed E-state index contributed by atoms with van der Waals surface area (Å²) in [6.07, 6.45) is 2.64. The number of hydrogen-bond acceptors (Lipinski definition) is 5. The maximum Gasteiger partial charge on any atom is 0.261 e. The number of hydrogen-bond donors (Lipinski definition) is 0. The molecule has 0 amide bonds. The van der Waals surface area contributed by atoms with Gasteiger partial charge in [0, 0.05) is 53.4 Å². The molecule has 0 N–H and O–H groups in total. The molecule has 1 aliphatic rings. The second-order valence-corrected chi connectivity index (χ2v) is 7.93. The summed E-state index contributed by atoms with van der Waals surface area (Å²) in [5.41, 5.74) is 3.13. The van der Waals surface area contributed by atoms with Crippen LogP contribution in [-0.4, -0.2) is 35.9 Å². The van der Waals surface area contributed by atoms with Crippen LogP contribution in [0.2, 0.25) is 0 Å². The van der Waals surface area contributed by atoms with Crippen molar-refractivity contribution in [3.8, 4) is 0 Å². The van der Waals surface area contributed by atoms with Crippen LogP contribution in [0, 0.1) is 0 Å². The zero-order valence-corrected chi connectivity index (χ0v) is 17.5. The van der Waals surface area contributed by atoms with Crippen molar-refractivity contribution in [2.45, 2.75) is 13.0 Å². The molecule has 7 heteroatoms. The molecule has 1 saturated heterocycles. The van der Waals surface area contributed by atoms with Crippen molar-refractivity contribution in [1.82, 2.24) is 9.55 Å². The van der Waals surface area contributed by atoms with E-state index in [1.54, 1.807) is 11.3 Å². The third-order valence-electron chi connectivity index (χ3n) is 5.30. The average molecular weight is 428 g/mol. The maximum absolute atomic E-state index is 13.2. The van der Waals surface area contributed by atoms with Gasteiger partial charge in [0.15, 0.2) is 0 Å². The molecule has 1 aromatic carbocycles. The van der Waals surface area contributed by atoms with Crippen molar-refractivity contribution in [2.75, 3.05) is 31.2 Å². The number of nitrogens with zero attached hydrogens (tertiary/aromatic N) is 3. The van der Waals surface area contributed by atoms with Crippen LogP contribution in [0.3, 0.4) is 0 Å². The molecule has 4 heterocycles. The van der Waals surface area contributed by atoms with E-state index in [0.717, 1.165) is 51.9 Å². The fourth-order valence-corrected chi connectivity index (χ4v) is 4.72.